The van der Waals surface area contributed by atoms with Gasteiger partial charge in [-0.3, -0.25) is 51.4 Å². The largest absolute Gasteiger partial charge is 0.472 e. The zero-order valence-electron chi connectivity index (χ0n) is 55.2. The Kier molecular flexibility index (Phi) is 33.1. The van der Waals surface area contributed by atoms with Crippen molar-refractivity contribution in [3.8, 4) is 0 Å². The van der Waals surface area contributed by atoms with Crippen molar-refractivity contribution in [2.24, 2.45) is 0 Å². The van der Waals surface area contributed by atoms with Gasteiger partial charge < -0.3 is 129 Å². The number of carbonyl (C=O) groups is 6. The summed E-state index contributed by atoms with van der Waals surface area (Å²) in [6.45, 7) is -0.0932. The number of ether oxygens (including phenoxy) is 6. The maximum absolute atomic E-state index is 14.1. The number of phosphoric acid groups is 2. The summed E-state index contributed by atoms with van der Waals surface area (Å²) < 4.78 is 107. The molecule has 0 saturated carbocycles. The highest BCUT2D eigenvalue weighted by Crippen LogP contribution is 2.50. The Hall–Kier alpha value is -3.45. The van der Waals surface area contributed by atoms with Crippen molar-refractivity contribution < 1.29 is 159 Å². The normalized spacial score (nSPS) is 34.7. The maximum atomic E-state index is 14.1. The number of phosphoric ester groups is 2. The van der Waals surface area contributed by atoms with Gasteiger partial charge in [0.15, 0.2) is 18.9 Å². The van der Waals surface area contributed by atoms with Gasteiger partial charge in [-0.2, -0.15) is 0 Å². The summed E-state index contributed by atoms with van der Waals surface area (Å²) in [5, 5.41) is 110. The standard InChI is InChI=1S/C56H99N6O33P3/c1-30(66)57-45-51(76)48(73)39(24-63)91-54(45)85-15-9-6-12-42(70)60-21-36(69)18-33(60)28-89-97(80,81)95-38-20-35(62(23-38)44(72)14-8-11-17-87-56-47(59-32(3)68)53(78)50(75)41(26-65)93-56)29-90-98(82,83)94-37-19-34(27-88-96(5,79)84-4)61(22-37)43(71)13-7-10-16-86-55-46(58-31(2)67)52(77)49(74)40(25-64)92-55/h33-41,45-56,63-65,69,73-78H,6-29H2,1-5H3,(H,57,66)(H,58,67)(H,59,68)(H,80,81)(H,82,83)/t33-,34-,35-,36+,37+,38+,39?,40?,41?,45?,46?,47?,48-,49-,50-,51+,52+,53+,54+,55+,56+,96?/m0/s1. The number of carbonyl (C=O) groups excluding carboxylic acids is 6. The predicted octanol–water partition coefficient (Wildman–Crippen LogP) is -4.97. The van der Waals surface area contributed by atoms with E-state index in [1.807, 2.05) is 0 Å². The minimum atomic E-state index is -5.15. The van der Waals surface area contributed by atoms with E-state index in [1.165, 1.54) is 35.2 Å². The highest BCUT2D eigenvalue weighted by molar-refractivity contribution is 7.52. The highest BCUT2D eigenvalue weighted by atomic mass is 31.2. The summed E-state index contributed by atoms with van der Waals surface area (Å²) >= 11 is 0. The van der Waals surface area contributed by atoms with Crippen LogP contribution in [0.3, 0.4) is 0 Å². The Morgan fingerprint density at radius 3 is 1.07 bits per heavy atom. The van der Waals surface area contributed by atoms with Crippen molar-refractivity contribution in [2.75, 3.05) is 92.9 Å². The molecule has 24 atom stereocenters. The third-order valence-corrected chi connectivity index (χ3v) is 20.7. The van der Waals surface area contributed by atoms with Crippen LogP contribution in [0, 0.1) is 0 Å². The molecule has 0 aromatic heterocycles. The van der Waals surface area contributed by atoms with Crippen molar-refractivity contribution in [3.63, 3.8) is 0 Å². The molecule has 0 bridgehead atoms. The highest BCUT2D eigenvalue weighted by Gasteiger charge is 2.50. The van der Waals surface area contributed by atoms with Crippen LogP contribution < -0.4 is 16.0 Å². The van der Waals surface area contributed by atoms with Crippen LogP contribution in [0.4, 0.5) is 0 Å². The molecule has 98 heavy (non-hydrogen) atoms. The third-order valence-electron chi connectivity index (χ3n) is 17.3. The third kappa shape index (κ3) is 24.6. The van der Waals surface area contributed by atoms with Gasteiger partial charge in [-0.15, -0.1) is 0 Å². The Labute approximate surface area is 565 Å². The molecule has 15 N–H and O–H groups in total. The first-order valence-corrected chi connectivity index (χ1v) is 37.4. The molecule has 6 amide bonds. The molecule has 0 spiro atoms. The van der Waals surface area contributed by atoms with Crippen LogP contribution in [0.2, 0.25) is 0 Å². The minimum absolute atomic E-state index is 0.0523. The molecule has 0 radical (unpaired) electrons. The molecule has 6 rings (SSSR count). The molecule has 6 aliphatic rings. The molecule has 42 heteroatoms. The molecule has 0 aromatic rings. The summed E-state index contributed by atoms with van der Waals surface area (Å²) in [7, 11) is -12.7. The second-order valence-electron chi connectivity index (χ2n) is 25.0. The van der Waals surface area contributed by atoms with E-state index in [0.29, 0.717) is 0 Å². The first kappa shape index (κ1) is 83.5. The smallest absolute Gasteiger partial charge is 0.394 e. The monoisotopic (exact) mass is 1480 g/mol. The molecule has 566 valence electrons. The van der Waals surface area contributed by atoms with Crippen LogP contribution >= 0.6 is 23.2 Å². The molecular weight excluding hydrogens is 1380 g/mol. The quantitative estimate of drug-likeness (QED) is 0.0203. The molecule has 39 nitrogen and oxygen atoms in total. The number of hydrogen-bond donors (Lipinski definition) is 15. The van der Waals surface area contributed by atoms with Crippen molar-refractivity contribution in [1.29, 1.82) is 0 Å². The number of aliphatic hydroxyl groups excluding tert-OH is 10. The molecule has 9 unspecified atom stereocenters. The molecular formula is C56H99N6O33P3. The van der Waals surface area contributed by atoms with Crippen LogP contribution in [0.15, 0.2) is 0 Å². The SMILES string of the molecule is COP(C)(=O)OC[C@@H]1C[C@@H](OP(=O)(O)OC[C@@H]2C[C@@H](OP(=O)(O)OC[C@@H]3C[C@@H](O)CN3C(=O)CCCCO[C@@H]3OC(CO)[C@H](O)[C@H](O)C3NC(C)=O)CN2C(=O)CCCCO[C@@H]2OC(CO)[C@H](O)[C@H](O)C2NC(C)=O)CN1C(=O)CCCCO[C@@H]1OC(CO)[C@H](O)[C@H](O)C1NC(C)=O. The van der Waals surface area contributed by atoms with Crippen LogP contribution in [-0.2, 0) is 98.0 Å². The number of likely N-dealkylation sites (tertiary alicyclic amines) is 3. The fraction of sp³-hybridized carbons (Fsp3) is 0.893. The zero-order valence-corrected chi connectivity index (χ0v) is 57.9. The zero-order chi connectivity index (χ0) is 72.4. The number of nitrogens with one attached hydrogen (secondary N) is 3. The topological polar surface area (TPSA) is 553 Å². The van der Waals surface area contributed by atoms with Gasteiger partial charge in [0.2, 0.25) is 35.4 Å². The van der Waals surface area contributed by atoms with Crippen molar-refractivity contribution in [3.05, 3.63) is 0 Å². The van der Waals surface area contributed by atoms with E-state index in [9.17, 15) is 103 Å². The van der Waals surface area contributed by atoms with E-state index in [4.69, 9.17) is 55.6 Å². The Morgan fingerprint density at radius 1 is 0.459 bits per heavy atom. The summed E-state index contributed by atoms with van der Waals surface area (Å²) in [6, 6.07) is -6.57. The lowest BCUT2D eigenvalue weighted by molar-refractivity contribution is -0.270. The predicted molar refractivity (Wildman–Crippen MR) is 330 cm³/mol. The molecule has 6 heterocycles. The Morgan fingerprint density at radius 2 is 0.765 bits per heavy atom. The fourth-order valence-electron chi connectivity index (χ4n) is 12.3. The van der Waals surface area contributed by atoms with Crippen molar-refractivity contribution in [2.45, 2.75) is 226 Å². The molecule has 6 aliphatic heterocycles. The Bertz CT molecular complexity index is 2740. The van der Waals surface area contributed by atoms with Gasteiger partial charge in [-0.05, 0) is 57.8 Å². The first-order valence-electron chi connectivity index (χ1n) is 32.4. The van der Waals surface area contributed by atoms with E-state index < -0.39 is 227 Å². The van der Waals surface area contributed by atoms with Gasteiger partial charge in [0, 0.05) is 93.3 Å². The average Bonchev–Trinajstić information content (AvgIpc) is 1.16. The number of amides is 6. The van der Waals surface area contributed by atoms with Crippen LogP contribution in [0.25, 0.3) is 0 Å². The number of aliphatic hydroxyl groups is 10. The first-order chi connectivity index (χ1) is 46.2. The number of rotatable bonds is 38. The van der Waals surface area contributed by atoms with E-state index in [1.54, 1.807) is 0 Å². The van der Waals surface area contributed by atoms with E-state index in [-0.39, 0.29) is 117 Å². The second-order valence-corrected chi connectivity index (χ2v) is 30.0. The van der Waals surface area contributed by atoms with Crippen molar-refractivity contribution >= 4 is 58.7 Å². The minimum Gasteiger partial charge on any atom is -0.394 e. The van der Waals surface area contributed by atoms with Crippen LogP contribution in [-0.4, -0.2) is 332 Å². The average molecular weight is 1480 g/mol. The van der Waals surface area contributed by atoms with Crippen LogP contribution in [0.1, 0.15) is 97.8 Å². The summed E-state index contributed by atoms with van der Waals surface area (Å²) in [4.78, 5) is 103. The summed E-state index contributed by atoms with van der Waals surface area (Å²) in [6.07, 6.45) is -20.3. The number of β-amino-alcohol motifs (C(OH)–C–C–N with tert-alkyl or cyclic N) is 1. The van der Waals surface area contributed by atoms with E-state index in [0.717, 1.165) is 14.0 Å². The number of unbranched alkanes of at least 4 members (excludes halogenated alkanes) is 3. The summed E-state index contributed by atoms with van der Waals surface area (Å²) in [5.41, 5.74) is 0. The van der Waals surface area contributed by atoms with Gasteiger partial charge in [0.1, 0.15) is 73.1 Å². The van der Waals surface area contributed by atoms with Crippen molar-refractivity contribution in [1.82, 2.24) is 30.7 Å². The molecule has 6 saturated heterocycles. The van der Waals surface area contributed by atoms with Gasteiger partial charge in [-0.25, -0.2) is 9.13 Å². The number of hydrogen-bond acceptors (Lipinski definition) is 31. The van der Waals surface area contributed by atoms with E-state index >= 15 is 0 Å². The molecule has 0 aromatic carbocycles. The molecule has 0 aliphatic carbocycles. The lowest BCUT2D eigenvalue weighted by Crippen LogP contribution is -2.64. The van der Waals surface area contributed by atoms with E-state index in [2.05, 4.69) is 16.0 Å². The van der Waals surface area contributed by atoms with Gasteiger partial charge in [0.05, 0.1) is 76.1 Å². The molecule has 6 fully saturated rings. The summed E-state index contributed by atoms with van der Waals surface area (Å²) in [5.74, 6) is -3.24. The van der Waals surface area contributed by atoms with Gasteiger partial charge in [0.25, 0.3) is 0 Å². The maximum Gasteiger partial charge on any atom is 0.472 e. The Balaban J connectivity index is 1.06. The van der Waals surface area contributed by atoms with Gasteiger partial charge >= 0.3 is 23.2 Å². The van der Waals surface area contributed by atoms with Gasteiger partial charge in [-0.1, -0.05) is 0 Å². The number of nitrogens with zero attached hydrogens (tertiary/aromatic N) is 3. The van der Waals surface area contributed by atoms with Crippen LogP contribution in [0.5, 0.6) is 0 Å². The lowest BCUT2D eigenvalue weighted by atomic mass is 9.97. The fourth-order valence-corrected chi connectivity index (χ4v) is 14.7. The second kappa shape index (κ2) is 38.9. The lowest BCUT2D eigenvalue weighted by Gasteiger charge is -2.42.